The van der Waals surface area contributed by atoms with Crippen LogP contribution in [-0.2, 0) is 22.5 Å². The zero-order valence-corrected chi connectivity index (χ0v) is 17.6. The Morgan fingerprint density at radius 2 is 1.81 bits per heavy atom. The summed E-state index contributed by atoms with van der Waals surface area (Å²) in [7, 11) is 1.62. The Kier molecular flexibility index (Phi) is 7.70. The van der Waals surface area contributed by atoms with Crippen molar-refractivity contribution in [1.29, 1.82) is 0 Å². The molecule has 1 aromatic heterocycles. The number of carbonyl (C=O) groups is 2. The maximum Gasteiger partial charge on any atom is 0.341 e. The van der Waals surface area contributed by atoms with Crippen molar-refractivity contribution in [2.75, 3.05) is 19.0 Å². The Balaban J connectivity index is 1.49. The number of carbonyl (C=O) groups excluding carboxylic acids is 2. The molecule has 0 aliphatic heterocycles. The summed E-state index contributed by atoms with van der Waals surface area (Å²) in [5.41, 5.74) is 2.03. The minimum absolute atomic E-state index is 0.345. The molecule has 2 aromatic carbocycles. The van der Waals surface area contributed by atoms with Crippen LogP contribution < -0.4 is 15.4 Å². The third-order valence-electron chi connectivity index (χ3n) is 4.71. The fraction of sp³-hybridized carbons (Fsp3) is 0.250. The van der Waals surface area contributed by atoms with Crippen molar-refractivity contribution in [2.24, 2.45) is 0 Å². The lowest BCUT2D eigenvalue weighted by atomic mass is 10.1. The van der Waals surface area contributed by atoms with E-state index < -0.39 is 12.1 Å². The van der Waals surface area contributed by atoms with E-state index in [1.165, 1.54) is 0 Å². The number of rotatable bonds is 10. The molecule has 1 atom stereocenters. The highest BCUT2D eigenvalue weighted by Crippen LogP contribution is 2.18. The SMILES string of the molecule is COc1ccc(CCNC(=O)[C@H](C)OC(=O)c2ccccc2NCc2ccco2)cc1. The number of furan rings is 1. The molecule has 0 fully saturated rings. The Morgan fingerprint density at radius 3 is 2.52 bits per heavy atom. The molecule has 0 saturated heterocycles. The third kappa shape index (κ3) is 6.37. The molecule has 31 heavy (non-hydrogen) atoms. The molecule has 0 saturated carbocycles. The van der Waals surface area contributed by atoms with E-state index in [2.05, 4.69) is 10.6 Å². The van der Waals surface area contributed by atoms with Crippen LogP contribution in [0.15, 0.2) is 71.3 Å². The van der Waals surface area contributed by atoms with E-state index in [0.717, 1.165) is 17.1 Å². The standard InChI is InChI=1S/C24H26N2O5/c1-17(23(27)25-14-13-18-9-11-19(29-2)12-10-18)31-24(28)21-7-3-4-8-22(21)26-16-20-6-5-15-30-20/h3-12,15,17,26H,13-14,16H2,1-2H3,(H,25,27)/t17-/m0/s1. The van der Waals surface area contributed by atoms with Crippen molar-refractivity contribution in [3.05, 3.63) is 83.8 Å². The minimum Gasteiger partial charge on any atom is -0.497 e. The molecule has 3 aromatic rings. The van der Waals surface area contributed by atoms with Crippen molar-refractivity contribution in [3.63, 3.8) is 0 Å². The van der Waals surface area contributed by atoms with E-state index >= 15 is 0 Å². The first-order valence-electron chi connectivity index (χ1n) is 10.0. The van der Waals surface area contributed by atoms with Crippen LogP contribution in [0.25, 0.3) is 0 Å². The largest absolute Gasteiger partial charge is 0.497 e. The first-order chi connectivity index (χ1) is 15.1. The topological polar surface area (TPSA) is 89.8 Å². The molecule has 2 N–H and O–H groups in total. The number of para-hydroxylation sites is 1. The highest BCUT2D eigenvalue weighted by atomic mass is 16.5. The van der Waals surface area contributed by atoms with Crippen LogP contribution in [0.3, 0.4) is 0 Å². The van der Waals surface area contributed by atoms with Gasteiger partial charge in [-0.15, -0.1) is 0 Å². The van der Waals surface area contributed by atoms with Gasteiger partial charge in [0.1, 0.15) is 11.5 Å². The molecular weight excluding hydrogens is 396 g/mol. The Hall–Kier alpha value is -3.74. The number of methoxy groups -OCH3 is 1. The van der Waals surface area contributed by atoms with E-state index in [0.29, 0.717) is 30.8 Å². The van der Waals surface area contributed by atoms with Crippen molar-refractivity contribution in [3.8, 4) is 5.75 Å². The molecule has 0 spiro atoms. The zero-order valence-electron chi connectivity index (χ0n) is 17.6. The van der Waals surface area contributed by atoms with Gasteiger partial charge in [0.2, 0.25) is 0 Å². The molecule has 3 rings (SSSR count). The van der Waals surface area contributed by atoms with Crippen LogP contribution in [-0.4, -0.2) is 31.6 Å². The summed E-state index contributed by atoms with van der Waals surface area (Å²) >= 11 is 0. The van der Waals surface area contributed by atoms with Crippen molar-refractivity contribution in [1.82, 2.24) is 5.32 Å². The van der Waals surface area contributed by atoms with Gasteiger partial charge in [-0.1, -0.05) is 24.3 Å². The molecule has 1 heterocycles. The molecule has 0 aliphatic carbocycles. The van der Waals surface area contributed by atoms with Crippen LogP contribution in [0, 0.1) is 0 Å². The van der Waals surface area contributed by atoms with Gasteiger partial charge in [0.05, 0.1) is 25.5 Å². The Labute approximate surface area is 181 Å². The maximum absolute atomic E-state index is 12.6. The van der Waals surface area contributed by atoms with Gasteiger partial charge in [0, 0.05) is 12.2 Å². The van der Waals surface area contributed by atoms with Crippen LogP contribution >= 0.6 is 0 Å². The summed E-state index contributed by atoms with van der Waals surface area (Å²) in [6, 6.07) is 18.3. The Morgan fingerprint density at radius 1 is 1.03 bits per heavy atom. The summed E-state index contributed by atoms with van der Waals surface area (Å²) in [6.07, 6.45) is 1.34. The molecule has 0 aliphatic rings. The molecule has 7 heteroatoms. The summed E-state index contributed by atoms with van der Waals surface area (Å²) < 4.78 is 15.8. The van der Waals surface area contributed by atoms with Gasteiger partial charge in [0.15, 0.2) is 6.10 Å². The van der Waals surface area contributed by atoms with Crippen LogP contribution in [0.4, 0.5) is 5.69 Å². The highest BCUT2D eigenvalue weighted by molar-refractivity contribution is 5.97. The number of ether oxygens (including phenoxy) is 2. The zero-order chi connectivity index (χ0) is 22.1. The minimum atomic E-state index is -0.915. The molecular formula is C24H26N2O5. The number of hydrogen-bond donors (Lipinski definition) is 2. The number of benzene rings is 2. The number of amides is 1. The second-order valence-corrected chi connectivity index (χ2v) is 6.92. The smallest absolute Gasteiger partial charge is 0.341 e. The van der Waals surface area contributed by atoms with Crippen molar-refractivity contribution < 1.29 is 23.5 Å². The average Bonchev–Trinajstić information content (AvgIpc) is 3.32. The van der Waals surface area contributed by atoms with Crippen molar-refractivity contribution in [2.45, 2.75) is 26.0 Å². The van der Waals surface area contributed by atoms with Crippen molar-refractivity contribution >= 4 is 17.6 Å². The molecule has 0 radical (unpaired) electrons. The molecule has 0 unspecified atom stereocenters. The predicted molar refractivity (Wildman–Crippen MR) is 117 cm³/mol. The first kappa shape index (κ1) is 22.0. The monoisotopic (exact) mass is 422 g/mol. The number of hydrogen-bond acceptors (Lipinski definition) is 6. The molecule has 162 valence electrons. The lowest BCUT2D eigenvalue weighted by Crippen LogP contribution is -2.37. The fourth-order valence-corrected chi connectivity index (χ4v) is 2.95. The second kappa shape index (κ2) is 10.9. The van der Waals surface area contributed by atoms with E-state index in [1.54, 1.807) is 44.6 Å². The van der Waals surface area contributed by atoms with Gasteiger partial charge in [-0.3, -0.25) is 4.79 Å². The van der Waals surface area contributed by atoms with Crippen LogP contribution in [0.5, 0.6) is 5.75 Å². The summed E-state index contributed by atoms with van der Waals surface area (Å²) in [5.74, 6) is 0.614. The lowest BCUT2D eigenvalue weighted by Gasteiger charge is -2.15. The average molecular weight is 422 g/mol. The van der Waals surface area contributed by atoms with Gasteiger partial charge >= 0.3 is 5.97 Å². The van der Waals surface area contributed by atoms with Gasteiger partial charge in [-0.05, 0) is 55.3 Å². The van der Waals surface area contributed by atoms with E-state index in [1.807, 2.05) is 36.4 Å². The summed E-state index contributed by atoms with van der Waals surface area (Å²) in [4.78, 5) is 25.0. The quantitative estimate of drug-likeness (QED) is 0.483. The molecule has 7 nitrogen and oxygen atoms in total. The third-order valence-corrected chi connectivity index (χ3v) is 4.71. The summed E-state index contributed by atoms with van der Waals surface area (Å²) in [6.45, 7) is 2.42. The number of esters is 1. The fourth-order valence-electron chi connectivity index (χ4n) is 2.95. The van der Waals surface area contributed by atoms with Gasteiger partial charge in [-0.25, -0.2) is 4.79 Å². The first-order valence-corrected chi connectivity index (χ1v) is 10.0. The van der Waals surface area contributed by atoms with E-state index in [9.17, 15) is 9.59 Å². The van der Waals surface area contributed by atoms with Gasteiger partial charge in [0.25, 0.3) is 5.91 Å². The highest BCUT2D eigenvalue weighted by Gasteiger charge is 2.20. The Bertz CT molecular complexity index is 983. The second-order valence-electron chi connectivity index (χ2n) is 6.92. The van der Waals surface area contributed by atoms with E-state index in [-0.39, 0.29) is 5.91 Å². The normalized spacial score (nSPS) is 11.4. The number of nitrogens with one attached hydrogen (secondary N) is 2. The van der Waals surface area contributed by atoms with E-state index in [4.69, 9.17) is 13.9 Å². The van der Waals surface area contributed by atoms with Gasteiger partial charge in [-0.2, -0.15) is 0 Å². The van der Waals surface area contributed by atoms with Gasteiger partial charge < -0.3 is 24.5 Å². The van der Waals surface area contributed by atoms with Crippen LogP contribution in [0.1, 0.15) is 28.6 Å². The molecule has 0 bridgehead atoms. The predicted octanol–water partition coefficient (Wildman–Crippen LogP) is 3.80. The molecule has 1 amide bonds. The number of anilines is 1. The van der Waals surface area contributed by atoms with Crippen LogP contribution in [0.2, 0.25) is 0 Å². The lowest BCUT2D eigenvalue weighted by molar-refractivity contribution is -0.129. The maximum atomic E-state index is 12.6. The summed E-state index contributed by atoms with van der Waals surface area (Å²) in [5, 5.41) is 5.95.